The van der Waals surface area contributed by atoms with Crippen molar-refractivity contribution in [2.75, 3.05) is 26.5 Å². The summed E-state index contributed by atoms with van der Waals surface area (Å²) in [6, 6.07) is -0.387. The molecule has 2 heterocycles. The molecule has 0 radical (unpaired) electrons. The molecule has 2 aliphatic rings. The van der Waals surface area contributed by atoms with Crippen molar-refractivity contribution < 1.29 is 19.1 Å². The first kappa shape index (κ1) is 8.46. The number of urea groups is 1. The first-order valence-corrected chi connectivity index (χ1v) is 4.05. The van der Waals surface area contributed by atoms with E-state index >= 15 is 0 Å². The topological polar surface area (TPSA) is 71.2 Å². The maximum absolute atomic E-state index is 11.0. The summed E-state index contributed by atoms with van der Waals surface area (Å²) >= 11 is 0. The summed E-state index contributed by atoms with van der Waals surface area (Å²) < 4.78 is 10.00. The van der Waals surface area contributed by atoms with Crippen molar-refractivity contribution in [3.8, 4) is 0 Å². The van der Waals surface area contributed by atoms with Crippen LogP contribution in [-0.4, -0.2) is 49.4 Å². The van der Waals surface area contributed by atoms with Crippen molar-refractivity contribution in [3.05, 3.63) is 0 Å². The first-order valence-electron chi connectivity index (χ1n) is 4.05. The Labute approximate surface area is 74.8 Å². The highest BCUT2D eigenvalue weighted by Gasteiger charge is 2.29. The second kappa shape index (κ2) is 3.31. The second-order valence-electron chi connectivity index (χ2n) is 2.94. The lowest BCUT2D eigenvalue weighted by molar-refractivity contribution is -0.128. The van der Waals surface area contributed by atoms with Crippen LogP contribution in [-0.2, 0) is 14.3 Å². The number of amides is 3. The normalized spacial score (nSPS) is 26.5. The molecule has 2 aliphatic heterocycles. The lowest BCUT2D eigenvalue weighted by Gasteiger charge is -2.11. The molecule has 2 rings (SSSR count). The Morgan fingerprint density at radius 3 is 2.92 bits per heavy atom. The Morgan fingerprint density at radius 1 is 1.62 bits per heavy atom. The Kier molecular flexibility index (Phi) is 2.15. The van der Waals surface area contributed by atoms with E-state index in [-0.39, 0.29) is 31.3 Å². The lowest BCUT2D eigenvalue weighted by Crippen LogP contribution is -2.33. The Morgan fingerprint density at radius 2 is 2.38 bits per heavy atom. The number of epoxide rings is 1. The predicted octanol–water partition coefficient (Wildman–Crippen LogP) is -1.09. The van der Waals surface area contributed by atoms with E-state index in [2.05, 4.69) is 5.32 Å². The van der Waals surface area contributed by atoms with Gasteiger partial charge in [0.15, 0.2) is 0 Å². The third-order valence-corrected chi connectivity index (χ3v) is 1.86. The molecule has 1 N–H and O–H groups in total. The van der Waals surface area contributed by atoms with Crippen molar-refractivity contribution >= 4 is 11.9 Å². The standard InChI is InChI=1S/C7H10N2O4/c10-6-1-8-7(11)9(6)4-12-2-5-3-13-5/h5H,1-4H2,(H,8,11). The maximum Gasteiger partial charge on any atom is 0.326 e. The maximum atomic E-state index is 11.0. The van der Waals surface area contributed by atoms with Crippen LogP contribution >= 0.6 is 0 Å². The van der Waals surface area contributed by atoms with E-state index in [1.807, 2.05) is 0 Å². The number of hydrogen-bond acceptors (Lipinski definition) is 4. The van der Waals surface area contributed by atoms with Crippen molar-refractivity contribution in [1.82, 2.24) is 10.2 Å². The minimum absolute atomic E-state index is 0.0184. The molecule has 0 saturated carbocycles. The molecule has 0 bridgehead atoms. The molecule has 6 heteroatoms. The molecule has 0 aliphatic carbocycles. The van der Waals surface area contributed by atoms with Gasteiger partial charge in [0.1, 0.15) is 12.8 Å². The van der Waals surface area contributed by atoms with Gasteiger partial charge in [0.2, 0.25) is 0 Å². The summed E-state index contributed by atoms with van der Waals surface area (Å²) in [5.74, 6) is -0.248. The van der Waals surface area contributed by atoms with E-state index in [1.54, 1.807) is 0 Å². The van der Waals surface area contributed by atoms with Crippen LogP contribution in [0.3, 0.4) is 0 Å². The van der Waals surface area contributed by atoms with Gasteiger partial charge in [-0.05, 0) is 0 Å². The van der Waals surface area contributed by atoms with Crippen LogP contribution in [0.4, 0.5) is 4.79 Å². The molecule has 13 heavy (non-hydrogen) atoms. The van der Waals surface area contributed by atoms with E-state index in [4.69, 9.17) is 9.47 Å². The molecular formula is C7H10N2O4. The number of carbonyl (C=O) groups excluding carboxylic acids is 2. The zero-order valence-corrected chi connectivity index (χ0v) is 6.99. The molecule has 1 unspecified atom stereocenters. The second-order valence-corrected chi connectivity index (χ2v) is 2.94. The number of carbonyl (C=O) groups is 2. The van der Waals surface area contributed by atoms with Crippen LogP contribution in [0.15, 0.2) is 0 Å². The number of rotatable bonds is 4. The number of nitrogens with zero attached hydrogens (tertiary/aromatic N) is 1. The van der Waals surface area contributed by atoms with Crippen LogP contribution in [0.25, 0.3) is 0 Å². The molecule has 0 aromatic carbocycles. The van der Waals surface area contributed by atoms with Crippen LogP contribution < -0.4 is 5.32 Å². The zero-order valence-electron chi connectivity index (χ0n) is 6.99. The van der Waals surface area contributed by atoms with E-state index in [1.165, 1.54) is 0 Å². The van der Waals surface area contributed by atoms with Gasteiger partial charge in [-0.15, -0.1) is 0 Å². The molecular weight excluding hydrogens is 176 g/mol. The van der Waals surface area contributed by atoms with E-state index in [9.17, 15) is 9.59 Å². The SMILES string of the molecule is O=C1CNC(=O)N1COCC1CO1. The molecule has 2 saturated heterocycles. The van der Waals surface area contributed by atoms with Crippen LogP contribution in [0.5, 0.6) is 0 Å². The van der Waals surface area contributed by atoms with Crippen molar-refractivity contribution in [2.24, 2.45) is 0 Å². The van der Waals surface area contributed by atoms with Gasteiger partial charge in [-0.3, -0.25) is 4.79 Å². The van der Waals surface area contributed by atoms with Crippen molar-refractivity contribution in [2.45, 2.75) is 6.10 Å². The molecule has 0 aromatic rings. The smallest absolute Gasteiger partial charge is 0.326 e. The van der Waals surface area contributed by atoms with Crippen LogP contribution in [0.1, 0.15) is 0 Å². The molecule has 1 atom stereocenters. The highest BCUT2D eigenvalue weighted by molar-refractivity contribution is 6.01. The number of hydrogen-bond donors (Lipinski definition) is 1. The van der Waals surface area contributed by atoms with E-state index < -0.39 is 0 Å². The average Bonchev–Trinajstić information content (AvgIpc) is 2.86. The van der Waals surface area contributed by atoms with E-state index in [0.29, 0.717) is 13.2 Å². The molecule has 2 fully saturated rings. The Hall–Kier alpha value is -1.14. The van der Waals surface area contributed by atoms with Gasteiger partial charge < -0.3 is 14.8 Å². The van der Waals surface area contributed by atoms with Crippen LogP contribution in [0, 0.1) is 0 Å². The summed E-state index contributed by atoms with van der Waals surface area (Å²) in [6.45, 7) is 1.24. The monoisotopic (exact) mass is 186 g/mol. The molecule has 0 spiro atoms. The quantitative estimate of drug-likeness (QED) is 0.447. The number of ether oxygens (including phenoxy) is 2. The Bertz CT molecular complexity index is 223. The first-order chi connectivity index (χ1) is 6.27. The summed E-state index contributed by atoms with van der Waals surface area (Å²) in [6.07, 6.45) is 0.153. The van der Waals surface area contributed by atoms with Gasteiger partial charge >= 0.3 is 6.03 Å². The molecule has 3 amide bonds. The molecule has 6 nitrogen and oxygen atoms in total. The van der Waals surface area contributed by atoms with E-state index in [0.717, 1.165) is 4.90 Å². The van der Waals surface area contributed by atoms with Gasteiger partial charge in [-0.25, -0.2) is 9.69 Å². The lowest BCUT2D eigenvalue weighted by atomic mass is 10.5. The molecule has 0 aromatic heterocycles. The fourth-order valence-electron chi connectivity index (χ4n) is 1.03. The fraction of sp³-hybridized carbons (Fsp3) is 0.714. The Balaban J connectivity index is 1.72. The van der Waals surface area contributed by atoms with Gasteiger partial charge in [0.25, 0.3) is 5.91 Å². The number of nitrogens with one attached hydrogen (secondary N) is 1. The summed E-state index contributed by atoms with van der Waals surface area (Å²) in [5.41, 5.74) is 0. The highest BCUT2D eigenvalue weighted by atomic mass is 16.6. The van der Waals surface area contributed by atoms with Crippen molar-refractivity contribution in [3.63, 3.8) is 0 Å². The average molecular weight is 186 g/mol. The van der Waals surface area contributed by atoms with Crippen LogP contribution in [0.2, 0.25) is 0 Å². The predicted molar refractivity (Wildman–Crippen MR) is 40.8 cm³/mol. The number of imide groups is 1. The summed E-state index contributed by atoms with van der Waals surface area (Å²) in [7, 11) is 0. The zero-order chi connectivity index (χ0) is 9.26. The van der Waals surface area contributed by atoms with Gasteiger partial charge in [-0.2, -0.15) is 0 Å². The van der Waals surface area contributed by atoms with Crippen molar-refractivity contribution in [1.29, 1.82) is 0 Å². The minimum Gasteiger partial charge on any atom is -0.371 e. The summed E-state index contributed by atoms with van der Waals surface area (Å²) in [5, 5.41) is 2.40. The largest absolute Gasteiger partial charge is 0.371 e. The minimum atomic E-state index is -0.387. The highest BCUT2D eigenvalue weighted by Crippen LogP contribution is 2.09. The molecule has 72 valence electrons. The van der Waals surface area contributed by atoms with Gasteiger partial charge in [0.05, 0.1) is 19.8 Å². The van der Waals surface area contributed by atoms with Gasteiger partial charge in [-0.1, -0.05) is 0 Å². The fourth-order valence-corrected chi connectivity index (χ4v) is 1.03. The third-order valence-electron chi connectivity index (χ3n) is 1.86. The summed E-state index contributed by atoms with van der Waals surface area (Å²) in [4.78, 5) is 23.0. The van der Waals surface area contributed by atoms with Gasteiger partial charge in [0, 0.05) is 0 Å². The third kappa shape index (κ3) is 1.96.